The maximum atomic E-state index is 10.9. The molecule has 0 unspecified atom stereocenters. The van der Waals surface area contributed by atoms with Crippen molar-refractivity contribution in [2.24, 2.45) is 0 Å². The summed E-state index contributed by atoms with van der Waals surface area (Å²) < 4.78 is 0. The van der Waals surface area contributed by atoms with Crippen LogP contribution < -0.4 is 4.90 Å². The number of rotatable bonds is 5. The zero-order valence-electron chi connectivity index (χ0n) is 9.72. The van der Waals surface area contributed by atoms with Crippen molar-refractivity contribution in [2.45, 2.75) is 19.3 Å². The molecule has 1 aliphatic heterocycles. The maximum absolute atomic E-state index is 10.9. The number of carboxylic acid groups (broad SMARTS) is 1. The van der Waals surface area contributed by atoms with Crippen LogP contribution in [0.2, 0.25) is 0 Å². The number of aliphatic hydroxyl groups is 1. The molecule has 0 saturated carbocycles. The first-order valence-electron chi connectivity index (χ1n) is 5.94. The van der Waals surface area contributed by atoms with Gasteiger partial charge in [-0.25, -0.2) is 4.79 Å². The smallest absolute Gasteiger partial charge is 0.335 e. The van der Waals surface area contributed by atoms with Crippen molar-refractivity contribution in [3.05, 3.63) is 29.3 Å². The molecule has 1 aliphatic rings. The monoisotopic (exact) mass is 235 g/mol. The van der Waals surface area contributed by atoms with E-state index in [1.54, 1.807) is 12.1 Å². The third-order valence-corrected chi connectivity index (χ3v) is 3.16. The summed E-state index contributed by atoms with van der Waals surface area (Å²) in [5, 5.41) is 17.7. The average molecular weight is 235 g/mol. The molecule has 0 amide bonds. The molecule has 0 spiro atoms. The number of fused-ring (bicyclic) bond motifs is 1. The van der Waals surface area contributed by atoms with Crippen molar-refractivity contribution >= 4 is 11.7 Å². The summed E-state index contributed by atoms with van der Waals surface area (Å²) in [5.41, 5.74) is 2.61. The molecule has 2 rings (SSSR count). The molecular weight excluding hydrogens is 218 g/mol. The second kappa shape index (κ2) is 5.19. The number of carbonyl (C=O) groups is 1. The van der Waals surface area contributed by atoms with Crippen LogP contribution in [0, 0.1) is 0 Å². The molecule has 92 valence electrons. The summed E-state index contributed by atoms with van der Waals surface area (Å²) in [5.74, 6) is -0.880. The highest BCUT2D eigenvalue weighted by Gasteiger charge is 2.19. The molecule has 0 aliphatic carbocycles. The van der Waals surface area contributed by atoms with E-state index in [0.717, 1.165) is 38.0 Å². The molecule has 0 saturated heterocycles. The van der Waals surface area contributed by atoms with E-state index in [2.05, 4.69) is 4.90 Å². The van der Waals surface area contributed by atoms with Gasteiger partial charge in [-0.3, -0.25) is 0 Å². The highest BCUT2D eigenvalue weighted by molar-refractivity contribution is 5.89. The van der Waals surface area contributed by atoms with Crippen molar-refractivity contribution in [1.82, 2.24) is 0 Å². The quantitative estimate of drug-likeness (QED) is 0.760. The first kappa shape index (κ1) is 11.9. The lowest BCUT2D eigenvalue weighted by Crippen LogP contribution is -2.22. The van der Waals surface area contributed by atoms with E-state index in [4.69, 9.17) is 10.2 Å². The second-order valence-electron chi connectivity index (χ2n) is 4.32. The fourth-order valence-corrected chi connectivity index (χ4v) is 2.23. The number of benzene rings is 1. The van der Waals surface area contributed by atoms with E-state index >= 15 is 0 Å². The number of anilines is 1. The van der Waals surface area contributed by atoms with Gasteiger partial charge >= 0.3 is 5.97 Å². The van der Waals surface area contributed by atoms with Gasteiger partial charge in [-0.05, 0) is 37.0 Å². The van der Waals surface area contributed by atoms with Gasteiger partial charge in [-0.2, -0.15) is 0 Å². The first-order chi connectivity index (χ1) is 8.22. The molecule has 2 N–H and O–H groups in total. The van der Waals surface area contributed by atoms with Crippen LogP contribution in [0.15, 0.2) is 18.2 Å². The van der Waals surface area contributed by atoms with Gasteiger partial charge < -0.3 is 15.1 Å². The number of hydrogen-bond acceptors (Lipinski definition) is 3. The number of hydrogen-bond donors (Lipinski definition) is 2. The van der Waals surface area contributed by atoms with E-state index in [9.17, 15) is 4.79 Å². The van der Waals surface area contributed by atoms with Crippen LogP contribution in [-0.4, -0.2) is 35.9 Å². The molecule has 4 nitrogen and oxygen atoms in total. The molecule has 1 aromatic carbocycles. The number of nitrogens with zero attached hydrogens (tertiary/aromatic N) is 1. The minimum atomic E-state index is -0.880. The van der Waals surface area contributed by atoms with Crippen LogP contribution in [0.3, 0.4) is 0 Å². The summed E-state index contributed by atoms with van der Waals surface area (Å²) in [6, 6.07) is 5.33. The summed E-state index contributed by atoms with van der Waals surface area (Å²) >= 11 is 0. The van der Waals surface area contributed by atoms with E-state index in [1.165, 1.54) is 5.56 Å². The van der Waals surface area contributed by atoms with Crippen molar-refractivity contribution in [3.63, 3.8) is 0 Å². The van der Waals surface area contributed by atoms with Gasteiger partial charge in [-0.15, -0.1) is 0 Å². The van der Waals surface area contributed by atoms with E-state index in [0.29, 0.717) is 5.56 Å². The second-order valence-corrected chi connectivity index (χ2v) is 4.32. The maximum Gasteiger partial charge on any atom is 0.335 e. The zero-order chi connectivity index (χ0) is 12.3. The van der Waals surface area contributed by atoms with E-state index < -0.39 is 5.97 Å². The Hall–Kier alpha value is -1.55. The van der Waals surface area contributed by atoms with Crippen molar-refractivity contribution < 1.29 is 15.0 Å². The largest absolute Gasteiger partial charge is 0.478 e. The standard InChI is InChI=1S/C13H17NO3/c15-8-2-1-6-14-7-5-10-3-4-11(13(16)17)9-12(10)14/h3-4,9,15H,1-2,5-8H2,(H,16,17). The van der Waals surface area contributed by atoms with Gasteiger partial charge in [0, 0.05) is 25.4 Å². The Kier molecular flexibility index (Phi) is 3.64. The molecule has 0 atom stereocenters. The van der Waals surface area contributed by atoms with Crippen LogP contribution >= 0.6 is 0 Å². The third kappa shape index (κ3) is 2.58. The molecular formula is C13H17NO3. The van der Waals surface area contributed by atoms with Gasteiger partial charge in [0.1, 0.15) is 0 Å². The molecule has 1 heterocycles. The lowest BCUT2D eigenvalue weighted by atomic mass is 10.1. The Morgan fingerprint density at radius 3 is 2.88 bits per heavy atom. The highest BCUT2D eigenvalue weighted by Crippen LogP contribution is 2.29. The first-order valence-corrected chi connectivity index (χ1v) is 5.94. The van der Waals surface area contributed by atoms with Crippen LogP contribution in [0.4, 0.5) is 5.69 Å². The molecule has 0 fully saturated rings. The zero-order valence-corrected chi connectivity index (χ0v) is 9.72. The molecule has 1 aromatic rings. The number of carboxylic acids is 1. The Bertz CT molecular complexity index is 417. The predicted molar refractivity (Wildman–Crippen MR) is 65.6 cm³/mol. The number of unbranched alkanes of at least 4 members (excludes halogenated alkanes) is 1. The van der Waals surface area contributed by atoms with Crippen molar-refractivity contribution in [1.29, 1.82) is 0 Å². The Labute approximate surface area is 100 Å². The summed E-state index contributed by atoms with van der Waals surface area (Å²) in [4.78, 5) is 13.1. The van der Waals surface area contributed by atoms with Gasteiger partial charge in [-0.1, -0.05) is 6.07 Å². The van der Waals surface area contributed by atoms with Crippen LogP contribution in [-0.2, 0) is 6.42 Å². The topological polar surface area (TPSA) is 60.8 Å². The normalized spacial score (nSPS) is 13.8. The molecule has 0 bridgehead atoms. The molecule has 0 radical (unpaired) electrons. The van der Waals surface area contributed by atoms with E-state index in [1.807, 2.05) is 6.07 Å². The molecule has 17 heavy (non-hydrogen) atoms. The van der Waals surface area contributed by atoms with Gasteiger partial charge in [0.2, 0.25) is 0 Å². The Morgan fingerprint density at radius 2 is 2.18 bits per heavy atom. The molecule has 0 aromatic heterocycles. The highest BCUT2D eigenvalue weighted by atomic mass is 16.4. The lowest BCUT2D eigenvalue weighted by Gasteiger charge is -2.19. The van der Waals surface area contributed by atoms with Crippen molar-refractivity contribution in [2.75, 3.05) is 24.6 Å². The Balaban J connectivity index is 2.12. The predicted octanol–water partition coefficient (Wildman–Crippen LogP) is 1.52. The van der Waals surface area contributed by atoms with Crippen LogP contribution in [0.5, 0.6) is 0 Å². The van der Waals surface area contributed by atoms with E-state index in [-0.39, 0.29) is 6.61 Å². The number of aromatic carboxylic acids is 1. The SMILES string of the molecule is O=C(O)c1ccc2c(c1)N(CCCCO)CC2. The minimum absolute atomic E-state index is 0.218. The minimum Gasteiger partial charge on any atom is -0.478 e. The summed E-state index contributed by atoms with van der Waals surface area (Å²) in [6.07, 6.45) is 2.71. The third-order valence-electron chi connectivity index (χ3n) is 3.16. The fourth-order valence-electron chi connectivity index (χ4n) is 2.23. The van der Waals surface area contributed by atoms with Crippen molar-refractivity contribution in [3.8, 4) is 0 Å². The summed E-state index contributed by atoms with van der Waals surface area (Å²) in [7, 11) is 0. The summed E-state index contributed by atoms with van der Waals surface area (Å²) in [6.45, 7) is 2.05. The number of aliphatic hydroxyl groups excluding tert-OH is 1. The molecule has 4 heteroatoms. The van der Waals surface area contributed by atoms with Gasteiger partial charge in [0.15, 0.2) is 0 Å². The van der Waals surface area contributed by atoms with Crippen LogP contribution in [0.1, 0.15) is 28.8 Å². The average Bonchev–Trinajstić information content (AvgIpc) is 2.72. The Morgan fingerprint density at radius 1 is 1.35 bits per heavy atom. The van der Waals surface area contributed by atoms with Crippen LogP contribution in [0.25, 0.3) is 0 Å². The fraction of sp³-hybridized carbons (Fsp3) is 0.462. The van der Waals surface area contributed by atoms with Gasteiger partial charge in [0.25, 0.3) is 0 Å². The lowest BCUT2D eigenvalue weighted by molar-refractivity contribution is 0.0697. The van der Waals surface area contributed by atoms with Gasteiger partial charge in [0.05, 0.1) is 5.56 Å².